The van der Waals surface area contributed by atoms with E-state index in [0.29, 0.717) is 16.8 Å². The summed E-state index contributed by atoms with van der Waals surface area (Å²) < 4.78 is 5.80. The topological polar surface area (TPSA) is 58.7 Å². The maximum absolute atomic E-state index is 9.78. The van der Waals surface area contributed by atoms with Gasteiger partial charge in [-0.15, -0.1) is 0 Å². The molecule has 0 amide bonds. The molecule has 0 saturated heterocycles. The molecule has 108 valence electrons. The SMILES string of the molecule is COc1cc(CN(C)CC(C)(C)CN)cc(Br)c1O. The van der Waals surface area contributed by atoms with Crippen LogP contribution in [0.4, 0.5) is 0 Å². The number of hydrogen-bond acceptors (Lipinski definition) is 4. The predicted octanol–water partition coefficient (Wildman–Crippen LogP) is 2.58. The maximum Gasteiger partial charge on any atom is 0.172 e. The van der Waals surface area contributed by atoms with Crippen LogP contribution in [0.25, 0.3) is 0 Å². The van der Waals surface area contributed by atoms with Crippen LogP contribution in [0.1, 0.15) is 19.4 Å². The number of phenolic OH excluding ortho intramolecular Hbond substituents is 1. The fourth-order valence-corrected chi connectivity index (χ4v) is 2.53. The lowest BCUT2D eigenvalue weighted by molar-refractivity contribution is 0.209. The molecular weight excluding hydrogens is 308 g/mol. The van der Waals surface area contributed by atoms with E-state index in [1.165, 1.54) is 0 Å². The van der Waals surface area contributed by atoms with Crippen molar-refractivity contribution < 1.29 is 9.84 Å². The molecule has 1 rings (SSSR count). The summed E-state index contributed by atoms with van der Waals surface area (Å²) >= 11 is 3.33. The van der Waals surface area contributed by atoms with Gasteiger partial charge in [-0.2, -0.15) is 0 Å². The molecule has 5 heteroatoms. The van der Waals surface area contributed by atoms with Gasteiger partial charge >= 0.3 is 0 Å². The van der Waals surface area contributed by atoms with Crippen molar-refractivity contribution in [1.82, 2.24) is 4.90 Å². The standard InChI is InChI=1S/C14H23BrN2O2/c1-14(2,8-16)9-17(3)7-10-5-11(15)13(18)12(6-10)19-4/h5-6,18H,7-9,16H2,1-4H3. The summed E-state index contributed by atoms with van der Waals surface area (Å²) in [5, 5.41) is 9.78. The van der Waals surface area contributed by atoms with Gasteiger partial charge in [-0.25, -0.2) is 0 Å². The van der Waals surface area contributed by atoms with E-state index in [0.717, 1.165) is 18.7 Å². The number of nitrogens with two attached hydrogens (primary N) is 1. The van der Waals surface area contributed by atoms with Crippen LogP contribution in [0, 0.1) is 5.41 Å². The lowest BCUT2D eigenvalue weighted by Crippen LogP contribution is -2.36. The van der Waals surface area contributed by atoms with E-state index in [4.69, 9.17) is 10.5 Å². The summed E-state index contributed by atoms with van der Waals surface area (Å²) in [5.41, 5.74) is 6.92. The van der Waals surface area contributed by atoms with Gasteiger partial charge in [0.05, 0.1) is 11.6 Å². The fourth-order valence-electron chi connectivity index (χ4n) is 2.04. The lowest BCUT2D eigenvalue weighted by atomic mass is 9.93. The predicted molar refractivity (Wildman–Crippen MR) is 81.5 cm³/mol. The minimum Gasteiger partial charge on any atom is -0.503 e. The Kier molecular flexibility index (Phi) is 5.64. The molecule has 0 spiro atoms. The summed E-state index contributed by atoms with van der Waals surface area (Å²) in [7, 11) is 3.61. The number of hydrogen-bond donors (Lipinski definition) is 2. The van der Waals surface area contributed by atoms with Gasteiger partial charge in [0, 0.05) is 13.1 Å². The van der Waals surface area contributed by atoms with Crippen molar-refractivity contribution in [1.29, 1.82) is 0 Å². The number of ether oxygens (including phenoxy) is 1. The Balaban J connectivity index is 2.80. The Bertz CT molecular complexity index is 436. The van der Waals surface area contributed by atoms with Gasteiger partial charge < -0.3 is 20.5 Å². The van der Waals surface area contributed by atoms with Crippen LogP contribution in [-0.2, 0) is 6.54 Å². The molecule has 0 aliphatic rings. The van der Waals surface area contributed by atoms with Gasteiger partial charge in [-0.1, -0.05) is 13.8 Å². The first kappa shape index (κ1) is 16.3. The molecule has 0 bridgehead atoms. The fraction of sp³-hybridized carbons (Fsp3) is 0.571. The maximum atomic E-state index is 9.78. The average Bonchev–Trinajstić information content (AvgIpc) is 2.32. The Hall–Kier alpha value is -0.780. The number of benzene rings is 1. The first-order chi connectivity index (χ1) is 8.79. The third-order valence-electron chi connectivity index (χ3n) is 3.01. The molecule has 0 atom stereocenters. The molecule has 1 aromatic carbocycles. The van der Waals surface area contributed by atoms with Gasteiger partial charge in [-0.05, 0) is 52.6 Å². The number of aromatic hydroxyl groups is 1. The highest BCUT2D eigenvalue weighted by atomic mass is 79.9. The van der Waals surface area contributed by atoms with Gasteiger partial charge in [0.1, 0.15) is 0 Å². The number of methoxy groups -OCH3 is 1. The minimum atomic E-state index is 0.0903. The van der Waals surface area contributed by atoms with Crippen LogP contribution < -0.4 is 10.5 Å². The molecule has 3 N–H and O–H groups in total. The van der Waals surface area contributed by atoms with Crippen LogP contribution in [0.3, 0.4) is 0 Å². The van der Waals surface area contributed by atoms with Crippen molar-refractivity contribution >= 4 is 15.9 Å². The number of halogens is 1. The summed E-state index contributed by atoms with van der Waals surface area (Å²) in [4.78, 5) is 2.21. The van der Waals surface area contributed by atoms with E-state index in [-0.39, 0.29) is 11.2 Å². The van der Waals surface area contributed by atoms with E-state index in [1.807, 2.05) is 12.1 Å². The second kappa shape index (κ2) is 6.59. The normalized spacial score (nSPS) is 11.9. The molecule has 0 unspecified atom stereocenters. The number of rotatable bonds is 6. The van der Waals surface area contributed by atoms with Crippen LogP contribution in [-0.4, -0.2) is 37.3 Å². The van der Waals surface area contributed by atoms with E-state index in [9.17, 15) is 5.11 Å². The lowest BCUT2D eigenvalue weighted by Gasteiger charge is -2.29. The highest BCUT2D eigenvalue weighted by Crippen LogP contribution is 2.35. The minimum absolute atomic E-state index is 0.0903. The Labute approximate surface area is 123 Å². The van der Waals surface area contributed by atoms with E-state index in [1.54, 1.807) is 7.11 Å². The van der Waals surface area contributed by atoms with Crippen LogP contribution in [0.15, 0.2) is 16.6 Å². The monoisotopic (exact) mass is 330 g/mol. The Morgan fingerprint density at radius 3 is 2.58 bits per heavy atom. The molecule has 0 heterocycles. The van der Waals surface area contributed by atoms with Crippen molar-refractivity contribution in [2.75, 3.05) is 27.2 Å². The third-order valence-corrected chi connectivity index (χ3v) is 3.62. The quantitative estimate of drug-likeness (QED) is 0.841. The number of phenols is 1. The summed E-state index contributed by atoms with van der Waals surface area (Å²) in [6.07, 6.45) is 0. The Morgan fingerprint density at radius 1 is 1.42 bits per heavy atom. The van der Waals surface area contributed by atoms with Gasteiger partial charge in [0.25, 0.3) is 0 Å². The molecule has 0 radical (unpaired) electrons. The molecule has 0 aromatic heterocycles. The van der Waals surface area contributed by atoms with Gasteiger partial charge in [-0.3, -0.25) is 0 Å². The van der Waals surface area contributed by atoms with Gasteiger partial charge in [0.15, 0.2) is 11.5 Å². The first-order valence-corrected chi connectivity index (χ1v) is 7.02. The average molecular weight is 331 g/mol. The summed E-state index contributed by atoms with van der Waals surface area (Å²) in [6.45, 7) is 6.64. The largest absolute Gasteiger partial charge is 0.503 e. The molecule has 1 aromatic rings. The highest BCUT2D eigenvalue weighted by molar-refractivity contribution is 9.10. The molecule has 19 heavy (non-hydrogen) atoms. The van der Waals surface area contributed by atoms with Crippen molar-refractivity contribution in [3.05, 3.63) is 22.2 Å². The number of nitrogens with zero attached hydrogens (tertiary/aromatic N) is 1. The Morgan fingerprint density at radius 2 is 2.05 bits per heavy atom. The summed E-state index contributed by atoms with van der Waals surface area (Å²) in [6, 6.07) is 3.76. The van der Waals surface area contributed by atoms with Crippen LogP contribution in [0.2, 0.25) is 0 Å². The third kappa shape index (κ3) is 4.67. The van der Waals surface area contributed by atoms with Crippen LogP contribution >= 0.6 is 15.9 Å². The first-order valence-electron chi connectivity index (χ1n) is 6.23. The zero-order valence-electron chi connectivity index (χ0n) is 12.0. The summed E-state index contributed by atoms with van der Waals surface area (Å²) in [5.74, 6) is 0.618. The van der Waals surface area contributed by atoms with Crippen LogP contribution in [0.5, 0.6) is 11.5 Å². The zero-order chi connectivity index (χ0) is 14.6. The second-order valence-electron chi connectivity index (χ2n) is 5.67. The smallest absolute Gasteiger partial charge is 0.172 e. The van der Waals surface area contributed by atoms with Crippen molar-refractivity contribution in [2.45, 2.75) is 20.4 Å². The molecule has 4 nitrogen and oxygen atoms in total. The van der Waals surface area contributed by atoms with Gasteiger partial charge in [0.2, 0.25) is 0 Å². The van der Waals surface area contributed by atoms with Crippen molar-refractivity contribution in [3.63, 3.8) is 0 Å². The van der Waals surface area contributed by atoms with Crippen molar-refractivity contribution in [3.8, 4) is 11.5 Å². The zero-order valence-corrected chi connectivity index (χ0v) is 13.6. The molecule has 0 saturated carbocycles. The molecule has 0 aliphatic carbocycles. The van der Waals surface area contributed by atoms with E-state index < -0.39 is 0 Å². The molecule has 0 aliphatic heterocycles. The van der Waals surface area contributed by atoms with Crippen molar-refractivity contribution in [2.24, 2.45) is 11.1 Å². The molecular formula is C14H23BrN2O2. The highest BCUT2D eigenvalue weighted by Gasteiger charge is 2.18. The molecule has 0 fully saturated rings. The van der Waals surface area contributed by atoms with E-state index in [2.05, 4.69) is 41.7 Å². The van der Waals surface area contributed by atoms with E-state index >= 15 is 0 Å². The second-order valence-corrected chi connectivity index (χ2v) is 6.52.